The number of hydrogen-bond acceptors (Lipinski definition) is 5. The predicted molar refractivity (Wildman–Crippen MR) is 148 cm³/mol. The van der Waals surface area contributed by atoms with Crippen molar-refractivity contribution < 1.29 is 17.9 Å². The van der Waals surface area contributed by atoms with Gasteiger partial charge in [-0.05, 0) is 61.8 Å². The molecule has 4 atom stereocenters. The molecule has 0 heterocycles. The lowest BCUT2D eigenvalue weighted by Crippen LogP contribution is -2.54. The number of esters is 1. The molecule has 7 heteroatoms. The highest BCUT2D eigenvalue weighted by atomic mass is 32.2. The van der Waals surface area contributed by atoms with Crippen LogP contribution in [-0.2, 0) is 19.6 Å². The van der Waals surface area contributed by atoms with E-state index in [1.807, 2.05) is 22.5 Å². The van der Waals surface area contributed by atoms with Gasteiger partial charge in [0.1, 0.15) is 6.10 Å². The van der Waals surface area contributed by atoms with E-state index in [0.29, 0.717) is 17.9 Å². The van der Waals surface area contributed by atoms with E-state index in [0.717, 1.165) is 64.2 Å². The van der Waals surface area contributed by atoms with Gasteiger partial charge in [0.2, 0.25) is 10.0 Å². The SMILES string of the molecule is CC1(C)[C@@H]2CC[C@@]1(CS(=O)(=O)N(C1CCCCC1)C1CCCCC1)[C@H](OC(=O)[C@H](C#N)c1ccccc1)C2. The lowest BCUT2D eigenvalue weighted by molar-refractivity contribution is -0.157. The van der Waals surface area contributed by atoms with Crippen molar-refractivity contribution in [2.24, 2.45) is 16.7 Å². The van der Waals surface area contributed by atoms with Gasteiger partial charge in [-0.1, -0.05) is 82.7 Å². The normalized spacial score (nSPS) is 30.7. The number of carbonyl (C=O) groups is 1. The van der Waals surface area contributed by atoms with Gasteiger partial charge in [-0.25, -0.2) is 8.42 Å². The fourth-order valence-electron chi connectivity index (χ4n) is 8.45. The standard InChI is InChI=1S/C31H44N2O4S/c1-30(2)24-18-19-31(30,28(20-24)37-29(34)27(21-32)23-12-6-3-7-13-23)22-38(35,36)33(25-14-8-4-9-15-25)26-16-10-5-11-17-26/h3,6-7,12-13,24-28H,4-5,8-11,14-20,22H2,1-2H3/t24-,27-,28-,31-/m1/s1. The van der Waals surface area contributed by atoms with E-state index in [4.69, 9.17) is 4.74 Å². The summed E-state index contributed by atoms with van der Waals surface area (Å²) in [6, 6.07) is 11.3. The molecule has 208 valence electrons. The van der Waals surface area contributed by atoms with Crippen LogP contribution < -0.4 is 0 Å². The minimum Gasteiger partial charge on any atom is -0.460 e. The van der Waals surface area contributed by atoms with Crippen LogP contribution in [0.3, 0.4) is 0 Å². The molecule has 0 aromatic heterocycles. The number of sulfonamides is 1. The fraction of sp³-hybridized carbons (Fsp3) is 0.742. The summed E-state index contributed by atoms with van der Waals surface area (Å²) >= 11 is 0. The first-order chi connectivity index (χ1) is 18.2. The Kier molecular flexibility index (Phi) is 7.95. The minimum absolute atomic E-state index is 0.0387. The van der Waals surface area contributed by atoms with Crippen molar-refractivity contribution in [3.63, 3.8) is 0 Å². The molecule has 0 unspecified atom stereocenters. The van der Waals surface area contributed by atoms with Gasteiger partial charge in [0.15, 0.2) is 5.92 Å². The van der Waals surface area contributed by atoms with Crippen LogP contribution in [0.5, 0.6) is 0 Å². The second kappa shape index (κ2) is 10.9. The Morgan fingerprint density at radius 2 is 1.58 bits per heavy atom. The van der Waals surface area contributed by atoms with Gasteiger partial charge in [0.25, 0.3) is 0 Å². The van der Waals surface area contributed by atoms with Crippen molar-refractivity contribution in [1.82, 2.24) is 4.31 Å². The van der Waals surface area contributed by atoms with Crippen LogP contribution in [0.25, 0.3) is 0 Å². The molecule has 4 saturated carbocycles. The number of fused-ring (bicyclic) bond motifs is 2. The molecular weight excluding hydrogens is 496 g/mol. The van der Waals surface area contributed by atoms with Gasteiger partial charge in [-0.2, -0.15) is 9.57 Å². The Morgan fingerprint density at radius 3 is 2.11 bits per heavy atom. The summed E-state index contributed by atoms with van der Waals surface area (Å²) < 4.78 is 37.2. The molecule has 0 aliphatic heterocycles. The van der Waals surface area contributed by atoms with Crippen LogP contribution >= 0.6 is 0 Å². The quantitative estimate of drug-likeness (QED) is 0.360. The summed E-state index contributed by atoms with van der Waals surface area (Å²) in [5, 5.41) is 9.82. The van der Waals surface area contributed by atoms with Crippen molar-refractivity contribution in [1.29, 1.82) is 5.26 Å². The van der Waals surface area contributed by atoms with Crippen LogP contribution in [0.2, 0.25) is 0 Å². The zero-order valence-corrected chi connectivity index (χ0v) is 23.9. The van der Waals surface area contributed by atoms with Crippen LogP contribution in [-0.4, -0.2) is 42.6 Å². The third-order valence-corrected chi connectivity index (χ3v) is 12.9. The molecule has 0 radical (unpaired) electrons. The Balaban J connectivity index is 1.43. The van der Waals surface area contributed by atoms with E-state index in [9.17, 15) is 18.5 Å². The van der Waals surface area contributed by atoms with E-state index in [1.165, 1.54) is 12.8 Å². The van der Waals surface area contributed by atoms with E-state index in [1.54, 1.807) is 12.1 Å². The molecule has 38 heavy (non-hydrogen) atoms. The Labute approximate surface area is 229 Å². The molecule has 0 saturated heterocycles. The minimum atomic E-state index is -3.59. The summed E-state index contributed by atoms with van der Waals surface area (Å²) in [4.78, 5) is 13.3. The first kappa shape index (κ1) is 27.6. The molecule has 5 rings (SSSR count). The molecule has 0 amide bonds. The second-order valence-electron chi connectivity index (χ2n) is 12.9. The van der Waals surface area contributed by atoms with Gasteiger partial charge < -0.3 is 4.74 Å². The van der Waals surface area contributed by atoms with Crippen LogP contribution in [0, 0.1) is 28.1 Å². The third kappa shape index (κ3) is 4.92. The topological polar surface area (TPSA) is 87.5 Å². The molecular formula is C31H44N2O4S. The maximum atomic E-state index is 14.5. The van der Waals surface area contributed by atoms with Crippen LogP contribution in [0.1, 0.15) is 109 Å². The van der Waals surface area contributed by atoms with Crippen molar-refractivity contribution in [3.05, 3.63) is 35.9 Å². The van der Waals surface area contributed by atoms with Crippen LogP contribution in [0.4, 0.5) is 0 Å². The number of rotatable bonds is 8. The molecule has 4 fully saturated rings. The number of nitrogens with zero attached hydrogens (tertiary/aromatic N) is 2. The molecule has 1 aromatic carbocycles. The molecule has 0 spiro atoms. The Morgan fingerprint density at radius 1 is 1.00 bits per heavy atom. The summed E-state index contributed by atoms with van der Waals surface area (Å²) in [5.41, 5.74) is -0.278. The largest absolute Gasteiger partial charge is 0.460 e. The van der Waals surface area contributed by atoms with Crippen molar-refractivity contribution in [2.75, 3.05) is 5.75 Å². The van der Waals surface area contributed by atoms with Gasteiger partial charge in [-0.15, -0.1) is 0 Å². The maximum absolute atomic E-state index is 14.5. The fourth-order valence-corrected chi connectivity index (χ4v) is 11.3. The third-order valence-electron chi connectivity index (χ3n) is 10.7. The number of hydrogen-bond donors (Lipinski definition) is 0. The Bertz CT molecular complexity index is 1110. The zero-order chi connectivity index (χ0) is 27.0. The summed E-state index contributed by atoms with van der Waals surface area (Å²) in [5.74, 6) is -1.21. The molecule has 6 nitrogen and oxygen atoms in total. The Hall–Kier alpha value is -1.91. The van der Waals surface area contributed by atoms with Gasteiger partial charge in [0, 0.05) is 17.5 Å². The molecule has 1 aromatic rings. The number of ether oxygens (including phenoxy) is 1. The number of benzene rings is 1. The van der Waals surface area contributed by atoms with E-state index >= 15 is 0 Å². The highest BCUT2D eigenvalue weighted by Gasteiger charge is 2.67. The lowest BCUT2D eigenvalue weighted by Gasteiger charge is -2.46. The highest BCUT2D eigenvalue weighted by molar-refractivity contribution is 7.89. The monoisotopic (exact) mass is 540 g/mol. The number of carbonyl (C=O) groups excluding carboxylic acids is 1. The molecule has 4 aliphatic rings. The second-order valence-corrected chi connectivity index (χ2v) is 14.8. The van der Waals surface area contributed by atoms with E-state index in [2.05, 4.69) is 19.9 Å². The van der Waals surface area contributed by atoms with E-state index in [-0.39, 0.29) is 23.3 Å². The first-order valence-electron chi connectivity index (χ1n) is 14.9. The zero-order valence-electron chi connectivity index (χ0n) is 23.1. The maximum Gasteiger partial charge on any atom is 0.328 e. The van der Waals surface area contributed by atoms with Gasteiger partial charge >= 0.3 is 5.97 Å². The summed E-state index contributed by atoms with van der Waals surface area (Å²) in [6.45, 7) is 4.36. The predicted octanol–water partition coefficient (Wildman–Crippen LogP) is 6.33. The first-order valence-corrected chi connectivity index (χ1v) is 16.5. The average molecular weight is 541 g/mol. The lowest BCUT2D eigenvalue weighted by atomic mass is 9.69. The smallest absolute Gasteiger partial charge is 0.328 e. The van der Waals surface area contributed by atoms with Crippen molar-refractivity contribution >= 4 is 16.0 Å². The highest BCUT2D eigenvalue weighted by Crippen LogP contribution is 2.67. The molecule has 2 bridgehead atoms. The van der Waals surface area contributed by atoms with Gasteiger partial charge in [-0.3, -0.25) is 4.79 Å². The molecule has 4 aliphatic carbocycles. The van der Waals surface area contributed by atoms with Crippen LogP contribution in [0.15, 0.2) is 30.3 Å². The number of nitriles is 1. The average Bonchev–Trinajstić information content (AvgIpc) is 3.26. The van der Waals surface area contributed by atoms with Crippen molar-refractivity contribution in [2.45, 2.75) is 121 Å². The van der Waals surface area contributed by atoms with Crippen molar-refractivity contribution in [3.8, 4) is 6.07 Å². The van der Waals surface area contributed by atoms with E-state index < -0.39 is 33.4 Å². The molecule has 0 N–H and O–H groups in total. The summed E-state index contributed by atoms with van der Waals surface area (Å²) in [7, 11) is -3.59. The summed E-state index contributed by atoms with van der Waals surface area (Å²) in [6.07, 6.45) is 12.5. The van der Waals surface area contributed by atoms with Gasteiger partial charge in [0.05, 0.1) is 11.8 Å².